The third kappa shape index (κ3) is 2.10. The Bertz CT molecular complexity index is 667. The van der Waals surface area contributed by atoms with Crippen LogP contribution in [0.25, 0.3) is 0 Å². The molecule has 0 spiro atoms. The molecule has 1 heterocycles. The van der Waals surface area contributed by atoms with E-state index in [2.05, 4.69) is 0 Å². The molecule has 0 radical (unpaired) electrons. The zero-order valence-corrected chi connectivity index (χ0v) is 10.7. The second-order valence-corrected chi connectivity index (χ2v) is 4.76. The molecule has 0 N–H and O–H groups in total. The average Bonchev–Trinajstić information content (AvgIpc) is 2.89. The van der Waals surface area contributed by atoms with Gasteiger partial charge in [-0.1, -0.05) is 23.7 Å². The lowest BCUT2D eigenvalue weighted by atomic mass is 10.00. The zero-order chi connectivity index (χ0) is 13.4. The molecule has 0 saturated carbocycles. The van der Waals surface area contributed by atoms with E-state index in [1.54, 1.807) is 6.07 Å². The molecular weight excluding hydrogens is 267 g/mol. The third-order valence-electron chi connectivity index (χ3n) is 3.14. The SMILES string of the molecule is O=C(c1ccc(F)c(Cl)c1)c1cccc2c1OCC2. The van der Waals surface area contributed by atoms with Crippen LogP contribution < -0.4 is 4.74 Å². The van der Waals surface area contributed by atoms with Gasteiger partial charge in [0.25, 0.3) is 0 Å². The van der Waals surface area contributed by atoms with E-state index in [-0.39, 0.29) is 10.8 Å². The lowest BCUT2D eigenvalue weighted by Gasteiger charge is -2.07. The molecule has 0 saturated heterocycles. The topological polar surface area (TPSA) is 26.3 Å². The van der Waals surface area contributed by atoms with Crippen LogP contribution in [0.4, 0.5) is 4.39 Å². The minimum atomic E-state index is -0.534. The second kappa shape index (κ2) is 4.67. The molecular formula is C15H10ClFO2. The Balaban J connectivity index is 2.05. The van der Waals surface area contributed by atoms with Gasteiger partial charge >= 0.3 is 0 Å². The molecule has 1 aliphatic heterocycles. The highest BCUT2D eigenvalue weighted by atomic mass is 35.5. The van der Waals surface area contributed by atoms with Crippen LogP contribution in [0.15, 0.2) is 36.4 Å². The predicted molar refractivity (Wildman–Crippen MR) is 70.5 cm³/mol. The Morgan fingerprint density at radius 3 is 2.89 bits per heavy atom. The molecule has 0 unspecified atom stereocenters. The molecule has 0 fully saturated rings. The normalized spacial score (nSPS) is 12.9. The molecule has 3 rings (SSSR count). The van der Waals surface area contributed by atoms with E-state index < -0.39 is 5.82 Å². The summed E-state index contributed by atoms with van der Waals surface area (Å²) in [6.45, 7) is 0.587. The Morgan fingerprint density at radius 2 is 2.11 bits per heavy atom. The summed E-state index contributed by atoms with van der Waals surface area (Å²) in [5.74, 6) is -0.110. The molecule has 2 aromatic carbocycles. The van der Waals surface area contributed by atoms with Crippen LogP contribution in [0.1, 0.15) is 21.5 Å². The summed E-state index contributed by atoms with van der Waals surface area (Å²) >= 11 is 5.70. The van der Waals surface area contributed by atoms with Crippen molar-refractivity contribution in [3.8, 4) is 5.75 Å². The standard InChI is InChI=1S/C15H10ClFO2/c16-12-8-10(4-5-13(12)17)14(18)11-3-1-2-9-6-7-19-15(9)11/h1-5,8H,6-7H2. The van der Waals surface area contributed by atoms with Crippen molar-refractivity contribution in [1.82, 2.24) is 0 Å². The molecule has 19 heavy (non-hydrogen) atoms. The highest BCUT2D eigenvalue weighted by Gasteiger charge is 2.21. The Hall–Kier alpha value is -1.87. The molecule has 0 amide bonds. The van der Waals surface area contributed by atoms with Crippen molar-refractivity contribution in [1.29, 1.82) is 0 Å². The monoisotopic (exact) mass is 276 g/mol. The van der Waals surface area contributed by atoms with Gasteiger partial charge in [-0.05, 0) is 29.8 Å². The number of halogens is 2. The van der Waals surface area contributed by atoms with Crippen LogP contribution >= 0.6 is 11.6 Å². The summed E-state index contributed by atoms with van der Waals surface area (Å²) in [4.78, 5) is 12.4. The lowest BCUT2D eigenvalue weighted by Crippen LogP contribution is -2.04. The van der Waals surface area contributed by atoms with Crippen molar-refractivity contribution in [2.24, 2.45) is 0 Å². The lowest BCUT2D eigenvalue weighted by molar-refractivity contribution is 0.103. The first kappa shape index (κ1) is 12.2. The number of ketones is 1. The van der Waals surface area contributed by atoms with Gasteiger partial charge in [-0.15, -0.1) is 0 Å². The minimum Gasteiger partial charge on any atom is -0.492 e. The van der Waals surface area contributed by atoms with Crippen molar-refractivity contribution < 1.29 is 13.9 Å². The van der Waals surface area contributed by atoms with E-state index in [0.29, 0.717) is 23.5 Å². The smallest absolute Gasteiger partial charge is 0.196 e. The minimum absolute atomic E-state index is 0.0562. The van der Waals surface area contributed by atoms with Gasteiger partial charge < -0.3 is 4.74 Å². The van der Waals surface area contributed by atoms with Crippen molar-refractivity contribution >= 4 is 17.4 Å². The number of hydrogen-bond donors (Lipinski definition) is 0. The summed E-state index contributed by atoms with van der Waals surface area (Å²) in [6, 6.07) is 9.44. The van der Waals surface area contributed by atoms with Gasteiger partial charge in [-0.2, -0.15) is 0 Å². The molecule has 96 valence electrons. The summed E-state index contributed by atoms with van der Waals surface area (Å²) in [7, 11) is 0. The largest absolute Gasteiger partial charge is 0.492 e. The maximum atomic E-state index is 13.1. The number of hydrogen-bond acceptors (Lipinski definition) is 2. The first-order valence-electron chi connectivity index (χ1n) is 5.91. The Labute approximate surface area is 114 Å². The summed E-state index contributed by atoms with van der Waals surface area (Å²) in [6.07, 6.45) is 0.806. The van der Waals surface area contributed by atoms with Crippen LogP contribution in [-0.2, 0) is 6.42 Å². The molecule has 1 aliphatic rings. The fourth-order valence-corrected chi connectivity index (χ4v) is 2.37. The van der Waals surface area contributed by atoms with E-state index in [1.165, 1.54) is 18.2 Å². The van der Waals surface area contributed by atoms with Gasteiger partial charge in [-0.25, -0.2) is 4.39 Å². The summed E-state index contributed by atoms with van der Waals surface area (Å²) in [5.41, 5.74) is 1.88. The molecule has 0 atom stereocenters. The van der Waals surface area contributed by atoms with Crippen LogP contribution in [0.3, 0.4) is 0 Å². The fourth-order valence-electron chi connectivity index (χ4n) is 2.19. The van der Waals surface area contributed by atoms with E-state index in [1.807, 2.05) is 12.1 Å². The average molecular weight is 277 g/mol. The van der Waals surface area contributed by atoms with Crippen LogP contribution in [0.2, 0.25) is 5.02 Å². The first-order chi connectivity index (χ1) is 9.16. The Morgan fingerprint density at radius 1 is 1.26 bits per heavy atom. The van der Waals surface area contributed by atoms with Crippen molar-refractivity contribution in [3.05, 3.63) is 63.9 Å². The van der Waals surface area contributed by atoms with Gasteiger partial charge in [-0.3, -0.25) is 4.79 Å². The number of rotatable bonds is 2. The number of carbonyl (C=O) groups is 1. The van der Waals surface area contributed by atoms with Crippen molar-refractivity contribution in [2.75, 3.05) is 6.61 Å². The number of carbonyl (C=O) groups excluding carboxylic acids is 1. The molecule has 4 heteroatoms. The molecule has 2 nitrogen and oxygen atoms in total. The first-order valence-corrected chi connectivity index (χ1v) is 6.29. The van der Waals surface area contributed by atoms with Gasteiger partial charge in [0.1, 0.15) is 11.6 Å². The van der Waals surface area contributed by atoms with Gasteiger partial charge in [0.05, 0.1) is 17.2 Å². The van der Waals surface area contributed by atoms with E-state index >= 15 is 0 Å². The van der Waals surface area contributed by atoms with Crippen LogP contribution in [0, 0.1) is 5.82 Å². The molecule has 2 aromatic rings. The second-order valence-electron chi connectivity index (χ2n) is 4.35. The molecule has 0 aromatic heterocycles. The summed E-state index contributed by atoms with van der Waals surface area (Å²) in [5, 5.41) is -0.0562. The highest BCUT2D eigenvalue weighted by molar-refractivity contribution is 6.31. The fraction of sp³-hybridized carbons (Fsp3) is 0.133. The van der Waals surface area contributed by atoms with E-state index in [0.717, 1.165) is 12.0 Å². The number of para-hydroxylation sites is 1. The van der Waals surface area contributed by atoms with Crippen molar-refractivity contribution in [3.63, 3.8) is 0 Å². The quantitative estimate of drug-likeness (QED) is 0.783. The van der Waals surface area contributed by atoms with E-state index in [9.17, 15) is 9.18 Å². The number of fused-ring (bicyclic) bond motifs is 1. The van der Waals surface area contributed by atoms with Crippen LogP contribution in [0.5, 0.6) is 5.75 Å². The third-order valence-corrected chi connectivity index (χ3v) is 3.43. The van der Waals surface area contributed by atoms with Crippen LogP contribution in [-0.4, -0.2) is 12.4 Å². The van der Waals surface area contributed by atoms with Crippen molar-refractivity contribution in [2.45, 2.75) is 6.42 Å². The molecule has 0 aliphatic carbocycles. The van der Waals surface area contributed by atoms with Gasteiger partial charge in [0.15, 0.2) is 5.78 Å². The van der Waals surface area contributed by atoms with Gasteiger partial charge in [0, 0.05) is 12.0 Å². The Kier molecular flexibility index (Phi) is 2.99. The number of benzene rings is 2. The summed E-state index contributed by atoms with van der Waals surface area (Å²) < 4.78 is 18.6. The molecule has 0 bridgehead atoms. The number of ether oxygens (including phenoxy) is 1. The zero-order valence-electron chi connectivity index (χ0n) is 9.95. The highest BCUT2D eigenvalue weighted by Crippen LogP contribution is 2.31. The maximum Gasteiger partial charge on any atom is 0.196 e. The van der Waals surface area contributed by atoms with Gasteiger partial charge in [0.2, 0.25) is 0 Å². The predicted octanol–water partition coefficient (Wildman–Crippen LogP) is 3.65. The van der Waals surface area contributed by atoms with E-state index in [4.69, 9.17) is 16.3 Å². The maximum absolute atomic E-state index is 13.1.